The van der Waals surface area contributed by atoms with Crippen LogP contribution >= 0.6 is 0 Å². The smallest absolute Gasteiger partial charge is 0.491 e. The fraction of sp³-hybridized carbons (Fsp3) is 0.838. The molecule has 0 amide bonds. The summed E-state index contributed by atoms with van der Waals surface area (Å²) >= 11 is 0. The molecule has 0 fully saturated rings. The fourth-order valence-electron chi connectivity index (χ4n) is 11.1. The second-order valence-electron chi connectivity index (χ2n) is 28.8. The molecule has 0 spiro atoms. The Kier molecular flexibility index (Phi) is 62.1. The van der Waals surface area contributed by atoms with E-state index in [9.17, 15) is 0 Å². The predicted molar refractivity (Wildman–Crippen MR) is 399 cm³/mol. The van der Waals surface area contributed by atoms with Gasteiger partial charge >= 0.3 is 51.4 Å². The molecule has 0 aromatic heterocycles. The number of hydrogen-bond donors (Lipinski definition) is 0. The molecule has 0 aliphatic rings. The molecular formula is C74H142BKO21Si2. The van der Waals surface area contributed by atoms with Gasteiger partial charge in [0, 0.05) is 13.2 Å². The van der Waals surface area contributed by atoms with Crippen molar-refractivity contribution in [3.05, 3.63) is 59.7 Å². The zero-order chi connectivity index (χ0) is 70.9. The zero-order valence-electron chi connectivity index (χ0n) is 64.3. The van der Waals surface area contributed by atoms with Crippen LogP contribution < -0.4 is 60.9 Å². The summed E-state index contributed by atoms with van der Waals surface area (Å²) in [5.74, 6) is 1.72. The molecule has 21 nitrogen and oxygen atoms in total. The average molecular weight is 1470 g/mol. The van der Waals surface area contributed by atoms with Gasteiger partial charge in [-0.25, -0.2) is 0 Å². The van der Waals surface area contributed by atoms with Gasteiger partial charge in [-0.05, 0) is 121 Å². The van der Waals surface area contributed by atoms with Crippen LogP contribution in [0.4, 0.5) is 0 Å². The number of rotatable bonds is 70. The van der Waals surface area contributed by atoms with E-state index in [-0.39, 0.29) is 81.5 Å². The average Bonchev–Trinajstić information content (AvgIpc) is 0.842. The van der Waals surface area contributed by atoms with Crippen molar-refractivity contribution in [1.82, 2.24) is 0 Å². The Bertz CT molecular complexity index is 1930. The van der Waals surface area contributed by atoms with E-state index in [0.29, 0.717) is 251 Å². The molecule has 0 N–H and O–H groups in total. The van der Waals surface area contributed by atoms with E-state index in [1.165, 1.54) is 11.1 Å². The summed E-state index contributed by atoms with van der Waals surface area (Å²) in [4.78, 5) is 0. The van der Waals surface area contributed by atoms with Gasteiger partial charge in [0.25, 0.3) is 0 Å². The SMILES string of the molecule is CC(C)(C)CC(C)(C)c1ccc(OCCOCCOCCOCCOCCOCCOCCOCCOCCOCCC[Si](C)(C)O[Si](C)(C)CCCOCCOCCOCCOCCOCCOCCOCCOCCOCCOc2ccc(C(C)(C)CC(C)(C)C)cc2)cc1.[BH4-].[K+]. The third kappa shape index (κ3) is 62.2. The standard InChI is InChI=1S/C74H138O21Si2.BH4.K/c1-71(2,3)65-73(7,8)67-17-21-69(22-18-67)93-61-59-91-57-55-89-53-51-87-49-47-85-45-43-83-41-39-81-37-35-79-33-31-77-29-27-75-25-15-63-96(11,12)95-97(13,14)64-16-26-76-28-30-78-32-34-80-36-38-82-40-42-84-44-46-86-48-50-88-52-54-90-56-58-92-60-62-94-70-23-19-68(20-24-70)74(9,10)66-72(4,5)6;;/h17-24H,15-16,25-66H2,1-14H3;1H4;/q;-1;+1. The van der Waals surface area contributed by atoms with Crippen molar-refractivity contribution in [2.24, 2.45) is 10.8 Å². The van der Waals surface area contributed by atoms with Crippen molar-refractivity contribution in [2.75, 3.05) is 251 Å². The van der Waals surface area contributed by atoms with Crippen molar-refractivity contribution >= 4 is 25.0 Å². The Morgan fingerprint density at radius 3 is 0.576 bits per heavy atom. The van der Waals surface area contributed by atoms with Crippen molar-refractivity contribution in [1.29, 1.82) is 0 Å². The van der Waals surface area contributed by atoms with E-state index in [0.717, 1.165) is 49.3 Å². The molecule has 0 aliphatic heterocycles. The Morgan fingerprint density at radius 2 is 0.404 bits per heavy atom. The first-order chi connectivity index (χ1) is 46.5. The molecule has 99 heavy (non-hydrogen) atoms. The van der Waals surface area contributed by atoms with Crippen LogP contribution in [0.15, 0.2) is 48.5 Å². The Morgan fingerprint density at radius 1 is 0.242 bits per heavy atom. The van der Waals surface area contributed by atoms with Gasteiger partial charge in [-0.2, -0.15) is 0 Å². The molecule has 0 aliphatic carbocycles. The molecule has 0 atom stereocenters. The first kappa shape index (κ1) is 98.4. The van der Waals surface area contributed by atoms with E-state index < -0.39 is 16.6 Å². The van der Waals surface area contributed by atoms with Gasteiger partial charge in [-0.3, -0.25) is 0 Å². The first-order valence-corrected chi connectivity index (χ1v) is 42.3. The number of benzene rings is 2. The number of ether oxygens (including phenoxy) is 20. The maximum Gasteiger partial charge on any atom is 1.00 e. The Hall–Kier alpha value is -0.585. The molecule has 0 heterocycles. The van der Waals surface area contributed by atoms with Crippen molar-refractivity contribution in [3.8, 4) is 11.5 Å². The Balaban J connectivity index is 0.0000480. The summed E-state index contributed by atoms with van der Waals surface area (Å²) in [5.41, 5.74) is 3.43. The quantitative estimate of drug-likeness (QED) is 0.0463. The molecular weight excluding hydrogens is 1330 g/mol. The summed E-state index contributed by atoms with van der Waals surface area (Å²) in [6.07, 6.45) is 4.20. The topological polar surface area (TPSA) is 194 Å². The molecule has 0 unspecified atom stereocenters. The maximum absolute atomic E-state index is 6.82. The minimum absolute atomic E-state index is 0. The van der Waals surface area contributed by atoms with E-state index in [2.05, 4.69) is 120 Å². The van der Waals surface area contributed by atoms with Crippen LogP contribution in [-0.4, -0.2) is 276 Å². The van der Waals surface area contributed by atoms with Gasteiger partial charge in [0.1, 0.15) is 24.7 Å². The van der Waals surface area contributed by atoms with Gasteiger partial charge in [0.15, 0.2) is 16.6 Å². The van der Waals surface area contributed by atoms with Crippen molar-refractivity contribution in [3.63, 3.8) is 0 Å². The minimum atomic E-state index is -1.81. The molecule has 0 radical (unpaired) electrons. The summed E-state index contributed by atoms with van der Waals surface area (Å²) in [5, 5.41) is 0. The van der Waals surface area contributed by atoms with Crippen LogP contribution in [0.5, 0.6) is 11.5 Å². The van der Waals surface area contributed by atoms with Crippen LogP contribution in [0.2, 0.25) is 38.3 Å². The normalized spacial score (nSPS) is 12.5. The fourth-order valence-corrected chi connectivity index (χ4v) is 19.9. The summed E-state index contributed by atoms with van der Waals surface area (Å²) in [6, 6.07) is 19.0. The molecule has 0 saturated carbocycles. The van der Waals surface area contributed by atoms with E-state index in [1.807, 2.05) is 24.3 Å². The second kappa shape index (κ2) is 62.5. The maximum atomic E-state index is 6.82. The van der Waals surface area contributed by atoms with Crippen LogP contribution in [0.3, 0.4) is 0 Å². The van der Waals surface area contributed by atoms with E-state index in [1.54, 1.807) is 0 Å². The third-order valence-electron chi connectivity index (χ3n) is 14.8. The van der Waals surface area contributed by atoms with Gasteiger partial charge < -0.3 is 98.9 Å². The van der Waals surface area contributed by atoms with Gasteiger partial charge in [0.2, 0.25) is 0 Å². The number of hydrogen-bond acceptors (Lipinski definition) is 21. The molecule has 2 aromatic carbocycles. The first-order valence-electron chi connectivity index (χ1n) is 36.1. The zero-order valence-corrected chi connectivity index (χ0v) is 69.4. The molecule has 576 valence electrons. The summed E-state index contributed by atoms with van der Waals surface area (Å²) < 4.78 is 120. The minimum Gasteiger partial charge on any atom is -0.491 e. The summed E-state index contributed by atoms with van der Waals surface area (Å²) in [6.45, 7) is 52.0. The molecule has 0 bridgehead atoms. The molecule has 2 aromatic rings. The predicted octanol–water partition coefficient (Wildman–Crippen LogP) is 7.63. The van der Waals surface area contributed by atoms with Gasteiger partial charge in [0.05, 0.1) is 225 Å². The van der Waals surface area contributed by atoms with E-state index >= 15 is 0 Å². The molecule has 25 heteroatoms. The van der Waals surface area contributed by atoms with Crippen LogP contribution in [0, 0.1) is 10.8 Å². The van der Waals surface area contributed by atoms with Crippen LogP contribution in [0.1, 0.15) is 106 Å². The Labute approximate surface area is 647 Å². The third-order valence-corrected chi connectivity index (χ3v) is 22.4. The van der Waals surface area contributed by atoms with Crippen molar-refractivity contribution < 1.29 is 150 Å². The largest absolute Gasteiger partial charge is 1.00 e. The van der Waals surface area contributed by atoms with Crippen molar-refractivity contribution in [2.45, 2.75) is 144 Å². The van der Waals surface area contributed by atoms with Crippen LogP contribution in [0.25, 0.3) is 0 Å². The van der Waals surface area contributed by atoms with Crippen LogP contribution in [-0.2, 0) is 100 Å². The van der Waals surface area contributed by atoms with Gasteiger partial charge in [-0.15, -0.1) is 0 Å². The van der Waals surface area contributed by atoms with E-state index in [4.69, 9.17) is 98.9 Å². The van der Waals surface area contributed by atoms with Gasteiger partial charge in [-0.1, -0.05) is 102 Å². The second-order valence-corrected chi connectivity index (χ2v) is 37.7. The summed E-state index contributed by atoms with van der Waals surface area (Å²) in [7, 11) is -3.61. The molecule has 0 saturated heterocycles. The monoisotopic (exact) mass is 1470 g/mol. The molecule has 2 rings (SSSR count).